The third-order valence-corrected chi connectivity index (χ3v) is 3.39. The number of carbonyl (C=O) groups excluding carboxylic acids is 1. The third-order valence-electron chi connectivity index (χ3n) is 3.39. The number of nitriles is 1. The summed E-state index contributed by atoms with van der Waals surface area (Å²) in [6.45, 7) is -3.03. The van der Waals surface area contributed by atoms with Gasteiger partial charge in [0, 0.05) is 5.56 Å². The Labute approximate surface area is 149 Å². The molecular weight excluding hydrogens is 344 g/mol. The summed E-state index contributed by atoms with van der Waals surface area (Å²) >= 11 is 0. The molecule has 0 atom stereocenters. The zero-order chi connectivity index (χ0) is 19.1. The summed E-state index contributed by atoms with van der Waals surface area (Å²) in [4.78, 5) is 12.2. The highest BCUT2D eigenvalue weighted by molar-refractivity contribution is 6.07. The van der Waals surface area contributed by atoms with Gasteiger partial charge < -0.3 is 14.2 Å². The van der Waals surface area contributed by atoms with Crippen LogP contribution in [0.25, 0.3) is 6.08 Å². The van der Waals surface area contributed by atoms with Crippen LogP contribution in [0.5, 0.6) is 17.2 Å². The maximum atomic E-state index is 12.5. The highest BCUT2D eigenvalue weighted by Crippen LogP contribution is 2.39. The molecule has 0 N–H and O–H groups in total. The van der Waals surface area contributed by atoms with Gasteiger partial charge in [-0.3, -0.25) is 4.79 Å². The first-order valence-corrected chi connectivity index (χ1v) is 7.42. The van der Waals surface area contributed by atoms with Gasteiger partial charge in [-0.2, -0.15) is 14.0 Å². The van der Waals surface area contributed by atoms with E-state index in [9.17, 15) is 13.6 Å². The Hall–Kier alpha value is -3.40. The van der Waals surface area contributed by atoms with E-state index in [0.717, 1.165) is 0 Å². The number of alkyl halides is 2. The summed E-state index contributed by atoms with van der Waals surface area (Å²) in [7, 11) is 2.61. The standard InChI is InChI=1S/C19H15F2NO4/c1-24-16-9-12(10-17(25-2)18(16)26-19(20)21)6-7-15(23)14-5-3-4-13(8-14)11-22/h3-10,19H,1-2H3. The molecule has 0 aromatic heterocycles. The van der Waals surface area contributed by atoms with E-state index >= 15 is 0 Å². The van der Waals surface area contributed by atoms with E-state index in [1.54, 1.807) is 18.2 Å². The molecule has 0 saturated carbocycles. The van der Waals surface area contributed by atoms with Gasteiger partial charge in [0.05, 0.1) is 25.9 Å². The van der Waals surface area contributed by atoms with Crippen LogP contribution in [0, 0.1) is 11.3 Å². The van der Waals surface area contributed by atoms with E-state index in [-0.39, 0.29) is 23.0 Å². The van der Waals surface area contributed by atoms with Crippen molar-refractivity contribution >= 4 is 11.9 Å². The summed E-state index contributed by atoms with van der Waals surface area (Å²) in [6, 6.07) is 11.1. The van der Waals surface area contributed by atoms with Gasteiger partial charge in [-0.05, 0) is 35.9 Å². The maximum absolute atomic E-state index is 12.5. The van der Waals surface area contributed by atoms with Crippen molar-refractivity contribution in [3.8, 4) is 23.3 Å². The molecule has 0 saturated heterocycles. The number of hydrogen-bond acceptors (Lipinski definition) is 5. The molecule has 5 nitrogen and oxygen atoms in total. The lowest BCUT2D eigenvalue weighted by Crippen LogP contribution is -2.05. The van der Waals surface area contributed by atoms with E-state index in [1.807, 2.05) is 6.07 Å². The lowest BCUT2D eigenvalue weighted by molar-refractivity contribution is -0.0526. The third kappa shape index (κ3) is 4.57. The average Bonchev–Trinajstić information content (AvgIpc) is 2.66. The molecule has 0 aliphatic heterocycles. The van der Waals surface area contributed by atoms with Crippen molar-refractivity contribution in [1.29, 1.82) is 5.26 Å². The largest absolute Gasteiger partial charge is 0.493 e. The van der Waals surface area contributed by atoms with Crippen LogP contribution in [0.2, 0.25) is 0 Å². The summed E-state index contributed by atoms with van der Waals surface area (Å²) in [5, 5.41) is 8.88. The molecule has 0 unspecified atom stereocenters. The molecule has 134 valence electrons. The minimum Gasteiger partial charge on any atom is -0.493 e. The molecular formula is C19H15F2NO4. The van der Waals surface area contributed by atoms with Crippen LogP contribution in [-0.2, 0) is 0 Å². The van der Waals surface area contributed by atoms with Gasteiger partial charge in [-0.15, -0.1) is 0 Å². The number of halogens is 2. The SMILES string of the molecule is COc1cc(C=CC(=O)c2cccc(C#N)c2)cc(OC)c1OC(F)F. The average molecular weight is 359 g/mol. The van der Waals surface area contributed by atoms with Crippen LogP contribution in [0.15, 0.2) is 42.5 Å². The number of allylic oxidation sites excluding steroid dienone is 1. The summed E-state index contributed by atoms with van der Waals surface area (Å²) in [5.41, 5.74) is 1.23. The molecule has 0 bridgehead atoms. The number of carbonyl (C=O) groups is 1. The minimum atomic E-state index is -3.03. The van der Waals surface area contributed by atoms with Crippen molar-refractivity contribution in [3.63, 3.8) is 0 Å². The van der Waals surface area contributed by atoms with Crippen molar-refractivity contribution in [1.82, 2.24) is 0 Å². The lowest BCUT2D eigenvalue weighted by atomic mass is 10.1. The molecule has 0 fully saturated rings. The van der Waals surface area contributed by atoms with E-state index in [4.69, 9.17) is 14.7 Å². The molecule has 7 heteroatoms. The molecule has 0 spiro atoms. The Morgan fingerprint density at radius 3 is 2.35 bits per heavy atom. The van der Waals surface area contributed by atoms with Crippen molar-refractivity contribution in [2.75, 3.05) is 14.2 Å². The molecule has 0 aliphatic carbocycles. The van der Waals surface area contributed by atoms with Gasteiger partial charge in [0.1, 0.15) is 0 Å². The van der Waals surface area contributed by atoms with Gasteiger partial charge >= 0.3 is 6.61 Å². The zero-order valence-electron chi connectivity index (χ0n) is 14.0. The van der Waals surface area contributed by atoms with Crippen LogP contribution >= 0.6 is 0 Å². The van der Waals surface area contributed by atoms with Gasteiger partial charge in [0.15, 0.2) is 17.3 Å². The van der Waals surface area contributed by atoms with Gasteiger partial charge in [-0.1, -0.05) is 18.2 Å². The van der Waals surface area contributed by atoms with E-state index in [0.29, 0.717) is 16.7 Å². The normalized spacial score (nSPS) is 10.6. The summed E-state index contributed by atoms with van der Waals surface area (Å²) < 4.78 is 39.6. The zero-order valence-corrected chi connectivity index (χ0v) is 14.0. The second-order valence-electron chi connectivity index (χ2n) is 5.02. The monoisotopic (exact) mass is 359 g/mol. The molecule has 0 heterocycles. The predicted molar refractivity (Wildman–Crippen MR) is 90.7 cm³/mol. The van der Waals surface area contributed by atoms with E-state index in [2.05, 4.69) is 4.74 Å². The Balaban J connectivity index is 2.32. The van der Waals surface area contributed by atoms with Crippen LogP contribution in [-0.4, -0.2) is 26.6 Å². The number of benzene rings is 2. The van der Waals surface area contributed by atoms with Crippen molar-refractivity contribution in [2.45, 2.75) is 6.61 Å². The van der Waals surface area contributed by atoms with Gasteiger partial charge in [-0.25, -0.2) is 0 Å². The predicted octanol–water partition coefficient (Wildman–Crippen LogP) is 4.07. The van der Waals surface area contributed by atoms with Gasteiger partial charge in [0.2, 0.25) is 5.75 Å². The Morgan fingerprint density at radius 2 is 1.81 bits per heavy atom. The fourth-order valence-electron chi connectivity index (χ4n) is 2.21. The van der Waals surface area contributed by atoms with E-state index < -0.39 is 6.61 Å². The molecule has 0 aliphatic rings. The first-order chi connectivity index (χ1) is 12.5. The lowest BCUT2D eigenvalue weighted by Gasteiger charge is -2.14. The number of ketones is 1. The number of rotatable bonds is 7. The molecule has 0 radical (unpaired) electrons. The number of ether oxygens (including phenoxy) is 3. The first kappa shape index (κ1) is 18.9. The molecule has 0 amide bonds. The number of methoxy groups -OCH3 is 2. The number of hydrogen-bond donors (Lipinski definition) is 0. The topological polar surface area (TPSA) is 68.6 Å². The summed E-state index contributed by atoms with van der Waals surface area (Å²) in [6.07, 6.45) is 2.79. The Kier molecular flexibility index (Phi) is 6.28. The van der Waals surface area contributed by atoms with Crippen molar-refractivity contribution in [2.24, 2.45) is 0 Å². The highest BCUT2D eigenvalue weighted by atomic mass is 19.3. The van der Waals surface area contributed by atoms with Crippen LogP contribution in [0.4, 0.5) is 8.78 Å². The number of nitrogens with zero attached hydrogens (tertiary/aromatic N) is 1. The fraction of sp³-hybridized carbons (Fsp3) is 0.158. The molecule has 2 aromatic carbocycles. The second-order valence-corrected chi connectivity index (χ2v) is 5.02. The smallest absolute Gasteiger partial charge is 0.387 e. The van der Waals surface area contributed by atoms with Crippen LogP contribution in [0.1, 0.15) is 21.5 Å². The van der Waals surface area contributed by atoms with Crippen molar-refractivity contribution in [3.05, 3.63) is 59.2 Å². The quantitative estimate of drug-likeness (QED) is 0.550. The summed E-state index contributed by atoms with van der Waals surface area (Å²) in [5.74, 6) is -0.449. The molecule has 26 heavy (non-hydrogen) atoms. The van der Waals surface area contributed by atoms with Gasteiger partial charge in [0.25, 0.3) is 0 Å². The molecule has 2 rings (SSSR count). The Bertz CT molecular complexity index is 847. The second kappa shape index (κ2) is 8.62. The van der Waals surface area contributed by atoms with E-state index in [1.165, 1.54) is 44.6 Å². The first-order valence-electron chi connectivity index (χ1n) is 7.42. The fourth-order valence-corrected chi connectivity index (χ4v) is 2.21. The van der Waals surface area contributed by atoms with Crippen molar-refractivity contribution < 1.29 is 27.8 Å². The minimum absolute atomic E-state index is 0.0447. The van der Waals surface area contributed by atoms with Crippen LogP contribution in [0.3, 0.4) is 0 Å². The molecule has 2 aromatic rings. The highest BCUT2D eigenvalue weighted by Gasteiger charge is 2.17. The van der Waals surface area contributed by atoms with Crippen LogP contribution < -0.4 is 14.2 Å². The Morgan fingerprint density at radius 1 is 1.15 bits per heavy atom. The maximum Gasteiger partial charge on any atom is 0.387 e.